The number of carboxylic acids is 1. The minimum Gasteiger partial charge on any atom is -0.481 e. The quantitative estimate of drug-likeness (QED) is 0.901. The summed E-state index contributed by atoms with van der Waals surface area (Å²) in [6.45, 7) is 3.50. The summed E-state index contributed by atoms with van der Waals surface area (Å²) in [6.07, 6.45) is 1.33. The molecule has 1 N–H and O–H groups in total. The second kappa shape index (κ2) is 5.21. The van der Waals surface area contributed by atoms with Crippen LogP contribution in [0, 0.1) is 5.92 Å². The smallest absolute Gasteiger partial charge is 0.304 e. The summed E-state index contributed by atoms with van der Waals surface area (Å²) in [4.78, 5) is 13.3. The van der Waals surface area contributed by atoms with Crippen LogP contribution in [0.5, 0.6) is 0 Å². The van der Waals surface area contributed by atoms with E-state index in [1.807, 2.05) is 12.1 Å². The van der Waals surface area contributed by atoms with Crippen LogP contribution in [0.3, 0.4) is 0 Å². The van der Waals surface area contributed by atoms with Gasteiger partial charge in [-0.15, -0.1) is 0 Å². The van der Waals surface area contributed by atoms with Crippen LogP contribution in [0.25, 0.3) is 0 Å². The van der Waals surface area contributed by atoms with Crippen molar-refractivity contribution in [1.82, 2.24) is 0 Å². The SMILES string of the molecule is O=C(O)CC1CN(CC2CCOC2)c2ccccc21. The first kappa shape index (κ1) is 12.5. The first-order valence-corrected chi connectivity index (χ1v) is 6.87. The number of anilines is 1. The third-order valence-electron chi connectivity index (χ3n) is 4.08. The molecule has 3 rings (SSSR count). The highest BCUT2D eigenvalue weighted by Crippen LogP contribution is 2.38. The highest BCUT2D eigenvalue weighted by atomic mass is 16.5. The number of para-hydroxylation sites is 1. The number of fused-ring (bicyclic) bond motifs is 1. The number of benzene rings is 1. The summed E-state index contributed by atoms with van der Waals surface area (Å²) in [5, 5.41) is 9.03. The molecule has 0 spiro atoms. The molecule has 0 radical (unpaired) electrons. The fourth-order valence-electron chi connectivity index (χ4n) is 3.18. The van der Waals surface area contributed by atoms with E-state index in [1.165, 1.54) is 11.3 Å². The molecule has 0 aliphatic carbocycles. The molecule has 0 amide bonds. The second-order valence-electron chi connectivity index (χ2n) is 5.49. The van der Waals surface area contributed by atoms with Gasteiger partial charge in [-0.1, -0.05) is 18.2 Å². The van der Waals surface area contributed by atoms with Crippen molar-refractivity contribution < 1.29 is 14.6 Å². The first-order valence-electron chi connectivity index (χ1n) is 6.87. The maximum atomic E-state index is 11.0. The van der Waals surface area contributed by atoms with Crippen LogP contribution in [0.4, 0.5) is 5.69 Å². The molecule has 4 nitrogen and oxygen atoms in total. The number of carboxylic acid groups (broad SMARTS) is 1. The predicted octanol–water partition coefficient (Wildman–Crippen LogP) is 2.10. The molecule has 1 aromatic carbocycles. The number of carbonyl (C=O) groups is 1. The van der Waals surface area contributed by atoms with Crippen molar-refractivity contribution in [3.8, 4) is 0 Å². The van der Waals surface area contributed by atoms with Crippen LogP contribution in [0.15, 0.2) is 24.3 Å². The maximum absolute atomic E-state index is 11.0. The molecular weight excluding hydrogens is 242 g/mol. The van der Waals surface area contributed by atoms with Crippen LogP contribution >= 0.6 is 0 Å². The average molecular weight is 261 g/mol. The largest absolute Gasteiger partial charge is 0.481 e. The lowest BCUT2D eigenvalue weighted by atomic mass is 9.98. The fraction of sp³-hybridized carbons (Fsp3) is 0.533. The average Bonchev–Trinajstić information content (AvgIpc) is 2.99. The van der Waals surface area contributed by atoms with Gasteiger partial charge in [0.25, 0.3) is 0 Å². The summed E-state index contributed by atoms with van der Waals surface area (Å²) in [5.41, 5.74) is 2.39. The number of ether oxygens (including phenoxy) is 1. The fourth-order valence-corrected chi connectivity index (χ4v) is 3.18. The highest BCUT2D eigenvalue weighted by Gasteiger charge is 2.31. The molecule has 4 heteroatoms. The maximum Gasteiger partial charge on any atom is 0.304 e. The van der Waals surface area contributed by atoms with Crippen LogP contribution < -0.4 is 4.90 Å². The Hall–Kier alpha value is -1.55. The first-order chi connectivity index (χ1) is 9.24. The molecule has 1 fully saturated rings. The van der Waals surface area contributed by atoms with Gasteiger partial charge in [-0.2, -0.15) is 0 Å². The van der Waals surface area contributed by atoms with E-state index in [4.69, 9.17) is 9.84 Å². The van der Waals surface area contributed by atoms with Crippen molar-refractivity contribution in [2.75, 3.05) is 31.2 Å². The van der Waals surface area contributed by atoms with Gasteiger partial charge < -0.3 is 14.7 Å². The molecule has 102 valence electrons. The Balaban J connectivity index is 1.77. The second-order valence-corrected chi connectivity index (χ2v) is 5.49. The van der Waals surface area contributed by atoms with Crippen LogP contribution in [0.2, 0.25) is 0 Å². The van der Waals surface area contributed by atoms with Crippen LogP contribution in [-0.2, 0) is 9.53 Å². The molecule has 0 saturated carbocycles. The zero-order chi connectivity index (χ0) is 13.2. The summed E-state index contributed by atoms with van der Waals surface area (Å²) in [7, 11) is 0. The Bertz CT molecular complexity index is 468. The summed E-state index contributed by atoms with van der Waals surface area (Å²) in [5.74, 6) is -0.0153. The van der Waals surface area contributed by atoms with Crippen molar-refractivity contribution in [3.05, 3.63) is 29.8 Å². The highest BCUT2D eigenvalue weighted by molar-refractivity contribution is 5.71. The number of nitrogens with zero attached hydrogens (tertiary/aromatic N) is 1. The molecule has 2 atom stereocenters. The molecule has 19 heavy (non-hydrogen) atoms. The summed E-state index contributed by atoms with van der Waals surface area (Å²) in [6, 6.07) is 8.19. The standard InChI is InChI=1S/C15H19NO3/c17-15(18)7-12-9-16(8-11-5-6-19-10-11)14-4-2-1-3-13(12)14/h1-4,11-12H,5-10H2,(H,17,18). The third kappa shape index (κ3) is 2.59. The van der Waals surface area contributed by atoms with Gasteiger partial charge in [-0.25, -0.2) is 0 Å². The van der Waals surface area contributed by atoms with Crippen molar-refractivity contribution in [2.45, 2.75) is 18.8 Å². The van der Waals surface area contributed by atoms with E-state index in [2.05, 4.69) is 17.0 Å². The van der Waals surface area contributed by atoms with Crippen LogP contribution in [-0.4, -0.2) is 37.4 Å². The van der Waals surface area contributed by atoms with Gasteiger partial charge in [0.15, 0.2) is 0 Å². The van der Waals surface area contributed by atoms with Crippen molar-refractivity contribution in [1.29, 1.82) is 0 Å². The van der Waals surface area contributed by atoms with Gasteiger partial charge in [-0.05, 0) is 18.1 Å². The van der Waals surface area contributed by atoms with E-state index in [0.29, 0.717) is 5.92 Å². The third-order valence-corrected chi connectivity index (χ3v) is 4.08. The molecule has 2 aliphatic heterocycles. The monoisotopic (exact) mass is 261 g/mol. The van der Waals surface area contributed by atoms with Gasteiger partial charge in [0.05, 0.1) is 13.0 Å². The zero-order valence-corrected chi connectivity index (χ0v) is 10.9. The molecule has 2 heterocycles. The normalized spacial score (nSPS) is 25.6. The minimum absolute atomic E-state index is 0.121. The predicted molar refractivity (Wildman–Crippen MR) is 72.6 cm³/mol. The van der Waals surface area contributed by atoms with E-state index in [-0.39, 0.29) is 12.3 Å². The molecule has 1 saturated heterocycles. The van der Waals surface area contributed by atoms with E-state index < -0.39 is 5.97 Å². The lowest BCUT2D eigenvalue weighted by Crippen LogP contribution is -2.29. The van der Waals surface area contributed by atoms with Gasteiger partial charge in [-0.3, -0.25) is 4.79 Å². The van der Waals surface area contributed by atoms with E-state index >= 15 is 0 Å². The van der Waals surface area contributed by atoms with E-state index in [0.717, 1.165) is 32.7 Å². The lowest BCUT2D eigenvalue weighted by molar-refractivity contribution is -0.137. The molecular formula is C15H19NO3. The molecule has 0 aromatic heterocycles. The van der Waals surface area contributed by atoms with E-state index in [1.54, 1.807) is 0 Å². The Morgan fingerprint density at radius 1 is 1.42 bits per heavy atom. The summed E-state index contributed by atoms with van der Waals surface area (Å²) < 4.78 is 5.43. The van der Waals surface area contributed by atoms with Gasteiger partial charge in [0.1, 0.15) is 0 Å². The molecule has 2 unspecified atom stereocenters. The lowest BCUT2D eigenvalue weighted by Gasteiger charge is -2.23. The Labute approximate surface area is 113 Å². The Kier molecular flexibility index (Phi) is 3.42. The number of hydrogen-bond acceptors (Lipinski definition) is 3. The molecule has 0 bridgehead atoms. The topological polar surface area (TPSA) is 49.8 Å². The Morgan fingerprint density at radius 3 is 3.00 bits per heavy atom. The van der Waals surface area contributed by atoms with Crippen molar-refractivity contribution in [2.24, 2.45) is 5.92 Å². The van der Waals surface area contributed by atoms with Gasteiger partial charge >= 0.3 is 5.97 Å². The van der Waals surface area contributed by atoms with Gasteiger partial charge in [0.2, 0.25) is 0 Å². The van der Waals surface area contributed by atoms with Crippen LogP contribution in [0.1, 0.15) is 24.3 Å². The summed E-state index contributed by atoms with van der Waals surface area (Å²) >= 11 is 0. The van der Waals surface area contributed by atoms with E-state index in [9.17, 15) is 4.79 Å². The molecule has 2 aliphatic rings. The minimum atomic E-state index is -0.717. The van der Waals surface area contributed by atoms with Gasteiger partial charge in [0, 0.05) is 37.2 Å². The number of aliphatic carboxylic acids is 1. The Morgan fingerprint density at radius 2 is 2.26 bits per heavy atom. The van der Waals surface area contributed by atoms with Crippen molar-refractivity contribution >= 4 is 11.7 Å². The number of rotatable bonds is 4. The molecule has 1 aromatic rings. The zero-order valence-electron chi connectivity index (χ0n) is 10.9. The number of hydrogen-bond donors (Lipinski definition) is 1. The van der Waals surface area contributed by atoms with Crippen molar-refractivity contribution in [3.63, 3.8) is 0 Å².